The number of ketones is 1. The van der Waals surface area contributed by atoms with Crippen LogP contribution in [0.1, 0.15) is 40.0 Å². The van der Waals surface area contributed by atoms with Gasteiger partial charge in [0.1, 0.15) is 12.4 Å². The van der Waals surface area contributed by atoms with Gasteiger partial charge in [0.2, 0.25) is 5.78 Å². The van der Waals surface area contributed by atoms with Gasteiger partial charge in [-0.25, -0.2) is 0 Å². The summed E-state index contributed by atoms with van der Waals surface area (Å²) in [6, 6.07) is 7.13. The van der Waals surface area contributed by atoms with Crippen molar-refractivity contribution in [3.8, 4) is 5.75 Å². The van der Waals surface area contributed by atoms with Gasteiger partial charge in [-0.05, 0) is 43.5 Å². The van der Waals surface area contributed by atoms with Crippen LogP contribution < -0.4 is 10.5 Å². The lowest BCUT2D eigenvalue weighted by Crippen LogP contribution is -2.46. The van der Waals surface area contributed by atoms with Crippen molar-refractivity contribution < 1.29 is 14.3 Å². The van der Waals surface area contributed by atoms with Crippen LogP contribution in [0.4, 0.5) is 5.69 Å². The molecule has 1 saturated heterocycles. The molecule has 126 valence electrons. The van der Waals surface area contributed by atoms with E-state index in [2.05, 4.69) is 0 Å². The first kappa shape index (κ1) is 17.3. The maximum atomic E-state index is 12.5. The number of ether oxygens (including phenoxy) is 1. The van der Waals surface area contributed by atoms with Crippen LogP contribution in [-0.2, 0) is 9.59 Å². The van der Waals surface area contributed by atoms with Crippen LogP contribution in [0, 0.1) is 5.41 Å². The molecule has 1 aliphatic heterocycles. The zero-order chi connectivity index (χ0) is 17.0. The van der Waals surface area contributed by atoms with Crippen LogP contribution in [0.3, 0.4) is 0 Å². The molecular weight excluding hydrogens is 292 g/mol. The Labute approximate surface area is 137 Å². The number of rotatable bonds is 6. The average molecular weight is 318 g/mol. The summed E-state index contributed by atoms with van der Waals surface area (Å²) in [6.45, 7) is 6.60. The van der Waals surface area contributed by atoms with E-state index in [0.717, 1.165) is 18.6 Å². The van der Waals surface area contributed by atoms with Crippen molar-refractivity contribution in [3.63, 3.8) is 0 Å². The SMILES string of the molecule is CCC(C)(C)C(=O)C(=O)N1CCCC1COc1ccc(N)cc1. The van der Waals surface area contributed by atoms with E-state index in [1.54, 1.807) is 17.0 Å². The van der Waals surface area contributed by atoms with Crippen LogP contribution >= 0.6 is 0 Å². The van der Waals surface area contributed by atoms with Gasteiger partial charge in [0.25, 0.3) is 5.91 Å². The fourth-order valence-corrected chi connectivity index (χ4v) is 2.61. The molecule has 1 aliphatic rings. The Morgan fingerprint density at radius 1 is 1.30 bits per heavy atom. The van der Waals surface area contributed by atoms with Crippen LogP contribution in [-0.4, -0.2) is 35.8 Å². The molecule has 1 aromatic rings. The molecule has 0 saturated carbocycles. The van der Waals surface area contributed by atoms with E-state index >= 15 is 0 Å². The zero-order valence-corrected chi connectivity index (χ0v) is 14.2. The Morgan fingerprint density at radius 3 is 2.57 bits per heavy atom. The van der Waals surface area contributed by atoms with E-state index in [1.165, 1.54) is 0 Å². The topological polar surface area (TPSA) is 72.6 Å². The molecule has 5 nitrogen and oxygen atoms in total. The van der Waals surface area contributed by atoms with E-state index in [4.69, 9.17) is 10.5 Å². The summed E-state index contributed by atoms with van der Waals surface area (Å²) in [5.41, 5.74) is 5.72. The zero-order valence-electron chi connectivity index (χ0n) is 14.2. The van der Waals surface area contributed by atoms with Gasteiger partial charge >= 0.3 is 0 Å². The Kier molecular flexibility index (Phi) is 5.29. The summed E-state index contributed by atoms with van der Waals surface area (Å²) < 4.78 is 5.76. The highest BCUT2D eigenvalue weighted by molar-refractivity contribution is 6.38. The molecule has 0 aromatic heterocycles. The Bertz CT molecular complexity index is 566. The minimum Gasteiger partial charge on any atom is -0.491 e. The lowest BCUT2D eigenvalue weighted by atomic mass is 9.84. The summed E-state index contributed by atoms with van der Waals surface area (Å²) in [4.78, 5) is 26.6. The van der Waals surface area contributed by atoms with E-state index in [1.807, 2.05) is 32.9 Å². The third kappa shape index (κ3) is 4.03. The number of amides is 1. The number of likely N-dealkylation sites (tertiary alicyclic amines) is 1. The van der Waals surface area contributed by atoms with E-state index in [9.17, 15) is 9.59 Å². The maximum absolute atomic E-state index is 12.5. The number of Topliss-reactive ketones (excluding diaryl/α,β-unsaturated/α-hetero) is 1. The number of carbonyl (C=O) groups excluding carboxylic acids is 2. The highest BCUT2D eigenvalue weighted by Crippen LogP contribution is 2.26. The molecule has 0 radical (unpaired) electrons. The van der Waals surface area contributed by atoms with Crippen molar-refractivity contribution in [3.05, 3.63) is 24.3 Å². The molecule has 1 aromatic carbocycles. The van der Waals surface area contributed by atoms with Crippen molar-refractivity contribution in [1.82, 2.24) is 4.90 Å². The van der Waals surface area contributed by atoms with Gasteiger partial charge in [0.05, 0.1) is 6.04 Å². The molecule has 1 heterocycles. The quantitative estimate of drug-likeness (QED) is 0.646. The van der Waals surface area contributed by atoms with Crippen LogP contribution in [0.15, 0.2) is 24.3 Å². The second-order valence-electron chi connectivity index (χ2n) is 6.74. The van der Waals surface area contributed by atoms with Crippen molar-refractivity contribution >= 4 is 17.4 Å². The fraction of sp³-hybridized carbons (Fsp3) is 0.556. The number of nitrogen functional groups attached to an aromatic ring is 1. The molecule has 1 amide bonds. The largest absolute Gasteiger partial charge is 0.491 e. The van der Waals surface area contributed by atoms with Gasteiger partial charge in [-0.1, -0.05) is 20.8 Å². The number of hydrogen-bond donors (Lipinski definition) is 1. The molecular formula is C18H26N2O3. The van der Waals surface area contributed by atoms with Gasteiger partial charge in [-0.2, -0.15) is 0 Å². The normalized spacial score (nSPS) is 18.0. The minimum atomic E-state index is -0.609. The molecule has 1 fully saturated rings. The van der Waals surface area contributed by atoms with Crippen molar-refractivity contribution in [2.24, 2.45) is 5.41 Å². The Hall–Kier alpha value is -2.04. The van der Waals surface area contributed by atoms with Crippen LogP contribution in [0.2, 0.25) is 0 Å². The van der Waals surface area contributed by atoms with Crippen LogP contribution in [0.5, 0.6) is 5.75 Å². The van der Waals surface area contributed by atoms with Gasteiger partial charge in [0, 0.05) is 17.6 Å². The predicted octanol–water partition coefficient (Wildman–Crippen LogP) is 2.64. The number of nitrogens with zero attached hydrogens (tertiary/aromatic N) is 1. The van der Waals surface area contributed by atoms with E-state index in [-0.39, 0.29) is 17.7 Å². The van der Waals surface area contributed by atoms with Crippen LogP contribution in [0.25, 0.3) is 0 Å². The molecule has 1 unspecified atom stereocenters. The lowest BCUT2D eigenvalue weighted by molar-refractivity contribution is -0.150. The Balaban J connectivity index is 1.98. The van der Waals surface area contributed by atoms with E-state index < -0.39 is 5.41 Å². The molecule has 0 bridgehead atoms. The second kappa shape index (κ2) is 7.02. The Morgan fingerprint density at radius 2 is 1.96 bits per heavy atom. The van der Waals surface area contributed by atoms with Crippen molar-refractivity contribution in [2.45, 2.75) is 46.1 Å². The third-order valence-electron chi connectivity index (χ3n) is 4.65. The highest BCUT2D eigenvalue weighted by atomic mass is 16.5. The number of hydrogen-bond acceptors (Lipinski definition) is 4. The number of nitrogens with two attached hydrogens (primary N) is 1. The van der Waals surface area contributed by atoms with Gasteiger partial charge in [0.15, 0.2) is 0 Å². The summed E-state index contributed by atoms with van der Waals surface area (Å²) in [5.74, 6) is 0.0401. The first-order chi connectivity index (χ1) is 10.8. The third-order valence-corrected chi connectivity index (χ3v) is 4.65. The highest BCUT2D eigenvalue weighted by Gasteiger charge is 2.38. The predicted molar refractivity (Wildman–Crippen MR) is 90.2 cm³/mol. The molecule has 2 N–H and O–H groups in total. The standard InChI is InChI=1S/C18H26N2O3/c1-4-18(2,3)16(21)17(22)20-11-5-6-14(20)12-23-15-9-7-13(19)8-10-15/h7-10,14H,4-6,11-12,19H2,1-3H3. The van der Waals surface area contributed by atoms with E-state index in [0.29, 0.717) is 25.3 Å². The number of anilines is 1. The van der Waals surface area contributed by atoms with Gasteiger partial charge in [-0.15, -0.1) is 0 Å². The summed E-state index contributed by atoms with van der Waals surface area (Å²) in [6.07, 6.45) is 2.42. The second-order valence-corrected chi connectivity index (χ2v) is 6.74. The maximum Gasteiger partial charge on any atom is 0.290 e. The average Bonchev–Trinajstić information content (AvgIpc) is 3.01. The molecule has 0 spiro atoms. The summed E-state index contributed by atoms with van der Waals surface area (Å²) in [7, 11) is 0. The minimum absolute atomic E-state index is 0.0448. The van der Waals surface area contributed by atoms with Crippen molar-refractivity contribution in [1.29, 1.82) is 0 Å². The molecule has 23 heavy (non-hydrogen) atoms. The molecule has 1 atom stereocenters. The lowest BCUT2D eigenvalue weighted by Gasteiger charge is -2.28. The van der Waals surface area contributed by atoms with Gasteiger partial charge < -0.3 is 15.4 Å². The molecule has 5 heteroatoms. The first-order valence-electron chi connectivity index (χ1n) is 8.19. The number of carbonyl (C=O) groups is 2. The monoisotopic (exact) mass is 318 g/mol. The summed E-state index contributed by atoms with van der Waals surface area (Å²) in [5, 5.41) is 0. The molecule has 0 aliphatic carbocycles. The smallest absolute Gasteiger partial charge is 0.290 e. The number of benzene rings is 1. The van der Waals surface area contributed by atoms with Gasteiger partial charge in [-0.3, -0.25) is 9.59 Å². The summed E-state index contributed by atoms with van der Waals surface area (Å²) >= 11 is 0. The fourth-order valence-electron chi connectivity index (χ4n) is 2.61. The molecule has 2 rings (SSSR count). The van der Waals surface area contributed by atoms with Crippen molar-refractivity contribution in [2.75, 3.05) is 18.9 Å². The first-order valence-corrected chi connectivity index (χ1v) is 8.19.